The van der Waals surface area contributed by atoms with Crippen LogP contribution in [0.5, 0.6) is 0 Å². The van der Waals surface area contributed by atoms with Gasteiger partial charge in [0.2, 0.25) is 11.8 Å². The van der Waals surface area contributed by atoms with Crippen LogP contribution in [0, 0.1) is 0 Å². The van der Waals surface area contributed by atoms with Gasteiger partial charge in [-0.15, -0.1) is 10.2 Å². The molecule has 3 heterocycles. The Morgan fingerprint density at radius 3 is 2.95 bits per heavy atom. The van der Waals surface area contributed by atoms with Crippen molar-refractivity contribution >= 4 is 6.08 Å². The van der Waals surface area contributed by atoms with Gasteiger partial charge < -0.3 is 13.7 Å². The first-order valence-electron chi connectivity index (χ1n) is 7.22. The number of hydrogen-bond donors (Lipinski definition) is 0. The van der Waals surface area contributed by atoms with Crippen LogP contribution in [0.3, 0.4) is 0 Å². The summed E-state index contributed by atoms with van der Waals surface area (Å²) in [6.07, 6.45) is 7.42. The van der Waals surface area contributed by atoms with Gasteiger partial charge in [0, 0.05) is 32.1 Å². The van der Waals surface area contributed by atoms with Crippen molar-refractivity contribution in [2.75, 3.05) is 6.61 Å². The number of rotatable bonds is 3. The fourth-order valence-corrected chi connectivity index (χ4v) is 2.64. The predicted molar refractivity (Wildman–Crippen MR) is 77.5 cm³/mol. The highest BCUT2D eigenvalue weighted by Gasteiger charge is 2.35. The third-order valence-corrected chi connectivity index (χ3v) is 3.62. The van der Waals surface area contributed by atoms with E-state index in [1.54, 1.807) is 6.20 Å². The van der Waals surface area contributed by atoms with Crippen LogP contribution < -0.4 is 0 Å². The standard InChI is InChI=1S/C15H20N4O2/c1-10(2)9-12-17-18-15(21-12)11-5-4-8-20-13(11)14-16-6-7-19(14)3/h6-7,9,11,13H,4-5,8H2,1-3H3/t11-,13-/m1/s1. The summed E-state index contributed by atoms with van der Waals surface area (Å²) < 4.78 is 13.7. The number of nitrogens with zero attached hydrogens (tertiary/aromatic N) is 4. The second-order valence-corrected chi connectivity index (χ2v) is 5.64. The van der Waals surface area contributed by atoms with Gasteiger partial charge in [-0.1, -0.05) is 5.57 Å². The smallest absolute Gasteiger partial charge is 0.240 e. The minimum Gasteiger partial charge on any atom is -0.421 e. The topological polar surface area (TPSA) is 66.0 Å². The van der Waals surface area contributed by atoms with Gasteiger partial charge in [0.1, 0.15) is 11.9 Å². The average Bonchev–Trinajstić information content (AvgIpc) is 3.07. The van der Waals surface area contributed by atoms with Crippen molar-refractivity contribution in [2.45, 2.75) is 38.7 Å². The van der Waals surface area contributed by atoms with E-state index >= 15 is 0 Å². The predicted octanol–water partition coefficient (Wildman–Crippen LogP) is 2.86. The minimum atomic E-state index is -0.126. The summed E-state index contributed by atoms with van der Waals surface area (Å²) in [6.45, 7) is 4.75. The number of allylic oxidation sites excluding steroid dienone is 1. The molecule has 0 saturated carbocycles. The van der Waals surface area contributed by atoms with Gasteiger partial charge in [-0.2, -0.15) is 0 Å². The average molecular weight is 288 g/mol. The van der Waals surface area contributed by atoms with Crippen molar-refractivity contribution in [3.63, 3.8) is 0 Å². The Balaban J connectivity index is 1.89. The van der Waals surface area contributed by atoms with Gasteiger partial charge in [-0.25, -0.2) is 4.98 Å². The summed E-state index contributed by atoms with van der Waals surface area (Å²) in [5.74, 6) is 2.15. The second-order valence-electron chi connectivity index (χ2n) is 5.64. The quantitative estimate of drug-likeness (QED) is 0.868. The molecule has 2 atom stereocenters. The molecule has 6 heteroatoms. The molecule has 6 nitrogen and oxygen atoms in total. The number of hydrogen-bond acceptors (Lipinski definition) is 5. The Morgan fingerprint density at radius 2 is 2.24 bits per heavy atom. The van der Waals surface area contributed by atoms with Crippen LogP contribution >= 0.6 is 0 Å². The maximum absolute atomic E-state index is 5.93. The van der Waals surface area contributed by atoms with E-state index < -0.39 is 0 Å². The fraction of sp³-hybridized carbons (Fsp3) is 0.533. The summed E-state index contributed by atoms with van der Waals surface area (Å²) in [5, 5.41) is 8.30. The molecular weight excluding hydrogens is 268 g/mol. The molecule has 1 aliphatic rings. The third-order valence-electron chi connectivity index (χ3n) is 3.62. The van der Waals surface area contributed by atoms with Crippen LogP contribution in [0.1, 0.15) is 56.3 Å². The molecule has 0 amide bonds. The molecule has 21 heavy (non-hydrogen) atoms. The number of ether oxygens (including phenoxy) is 1. The molecule has 1 fully saturated rings. The first kappa shape index (κ1) is 14.0. The van der Waals surface area contributed by atoms with Crippen LogP contribution in [-0.2, 0) is 11.8 Å². The number of aryl methyl sites for hydroxylation is 1. The molecule has 1 aliphatic heterocycles. The van der Waals surface area contributed by atoms with E-state index in [1.807, 2.05) is 37.7 Å². The Hall–Kier alpha value is -1.95. The molecule has 0 radical (unpaired) electrons. The fourth-order valence-electron chi connectivity index (χ4n) is 2.64. The lowest BCUT2D eigenvalue weighted by molar-refractivity contribution is -0.0157. The molecule has 1 saturated heterocycles. The molecular formula is C15H20N4O2. The lowest BCUT2D eigenvalue weighted by atomic mass is 9.93. The van der Waals surface area contributed by atoms with Gasteiger partial charge in [-0.3, -0.25) is 0 Å². The molecule has 2 aromatic heterocycles. The zero-order valence-electron chi connectivity index (χ0n) is 12.6. The highest BCUT2D eigenvalue weighted by Crippen LogP contribution is 2.39. The van der Waals surface area contributed by atoms with Crippen molar-refractivity contribution in [3.8, 4) is 0 Å². The maximum Gasteiger partial charge on any atom is 0.240 e. The largest absolute Gasteiger partial charge is 0.421 e. The van der Waals surface area contributed by atoms with E-state index in [1.165, 1.54) is 0 Å². The van der Waals surface area contributed by atoms with Gasteiger partial charge in [-0.05, 0) is 26.7 Å². The number of aromatic nitrogens is 4. The summed E-state index contributed by atoms with van der Waals surface area (Å²) >= 11 is 0. The maximum atomic E-state index is 5.93. The third kappa shape index (κ3) is 2.90. The first-order chi connectivity index (χ1) is 10.1. The molecule has 0 N–H and O–H groups in total. The van der Waals surface area contributed by atoms with Gasteiger partial charge in [0.05, 0.1) is 5.92 Å². The van der Waals surface area contributed by atoms with E-state index in [0.29, 0.717) is 11.8 Å². The first-order valence-corrected chi connectivity index (χ1v) is 7.22. The molecule has 0 unspecified atom stereocenters. The van der Waals surface area contributed by atoms with Crippen LogP contribution in [0.15, 0.2) is 22.4 Å². The van der Waals surface area contributed by atoms with E-state index in [-0.39, 0.29) is 12.0 Å². The summed E-state index contributed by atoms with van der Waals surface area (Å²) in [6, 6.07) is 0. The number of imidazole rings is 1. The summed E-state index contributed by atoms with van der Waals surface area (Å²) in [5.41, 5.74) is 1.13. The summed E-state index contributed by atoms with van der Waals surface area (Å²) in [7, 11) is 1.97. The second kappa shape index (κ2) is 5.81. The van der Waals surface area contributed by atoms with E-state index in [9.17, 15) is 0 Å². The SMILES string of the molecule is CC(C)=Cc1nnc([C@@H]2CCCO[C@H]2c2nccn2C)o1. The van der Waals surface area contributed by atoms with Crippen molar-refractivity contribution in [1.29, 1.82) is 0 Å². The van der Waals surface area contributed by atoms with E-state index in [2.05, 4.69) is 15.2 Å². The van der Waals surface area contributed by atoms with Crippen molar-refractivity contribution in [3.05, 3.63) is 35.6 Å². The molecule has 112 valence electrons. The Bertz CT molecular complexity index is 640. The van der Waals surface area contributed by atoms with E-state index in [0.717, 1.165) is 30.8 Å². The zero-order chi connectivity index (χ0) is 14.8. The lowest BCUT2D eigenvalue weighted by Gasteiger charge is -2.28. The molecule has 0 bridgehead atoms. The summed E-state index contributed by atoms with van der Waals surface area (Å²) in [4.78, 5) is 4.41. The molecule has 0 spiro atoms. The van der Waals surface area contributed by atoms with Gasteiger partial charge >= 0.3 is 0 Å². The van der Waals surface area contributed by atoms with Crippen LogP contribution in [0.4, 0.5) is 0 Å². The highest BCUT2D eigenvalue weighted by molar-refractivity contribution is 5.41. The van der Waals surface area contributed by atoms with Gasteiger partial charge in [0.15, 0.2) is 0 Å². The zero-order valence-corrected chi connectivity index (χ0v) is 12.6. The Labute approximate surface area is 123 Å². The molecule has 2 aromatic rings. The van der Waals surface area contributed by atoms with E-state index in [4.69, 9.17) is 9.15 Å². The molecule has 0 aromatic carbocycles. The Morgan fingerprint density at radius 1 is 1.38 bits per heavy atom. The monoisotopic (exact) mass is 288 g/mol. The van der Waals surface area contributed by atoms with Crippen LogP contribution in [-0.4, -0.2) is 26.4 Å². The lowest BCUT2D eigenvalue weighted by Crippen LogP contribution is -2.23. The van der Waals surface area contributed by atoms with Crippen molar-refractivity contribution in [2.24, 2.45) is 7.05 Å². The van der Waals surface area contributed by atoms with Crippen LogP contribution in [0.25, 0.3) is 6.08 Å². The minimum absolute atomic E-state index is 0.0617. The van der Waals surface area contributed by atoms with Crippen LogP contribution in [0.2, 0.25) is 0 Å². The molecule has 0 aliphatic carbocycles. The van der Waals surface area contributed by atoms with Crippen molar-refractivity contribution < 1.29 is 9.15 Å². The molecule has 3 rings (SSSR count). The highest BCUT2D eigenvalue weighted by atomic mass is 16.5. The van der Waals surface area contributed by atoms with Gasteiger partial charge in [0.25, 0.3) is 0 Å². The Kier molecular flexibility index (Phi) is 3.88. The van der Waals surface area contributed by atoms with Crippen molar-refractivity contribution in [1.82, 2.24) is 19.7 Å². The normalized spacial score (nSPS) is 22.2.